The van der Waals surface area contributed by atoms with Crippen molar-refractivity contribution in [1.29, 1.82) is 0 Å². The van der Waals surface area contributed by atoms with Crippen molar-refractivity contribution in [2.75, 3.05) is 7.11 Å². The SMILES string of the molecule is COc1cc(CNC(C)c2sc(C)nc2C)ccn1. The molecule has 1 atom stereocenters. The number of aryl methyl sites for hydroxylation is 2. The largest absolute Gasteiger partial charge is 0.481 e. The van der Waals surface area contributed by atoms with E-state index in [-0.39, 0.29) is 0 Å². The van der Waals surface area contributed by atoms with E-state index in [1.54, 1.807) is 24.6 Å². The smallest absolute Gasteiger partial charge is 0.213 e. The van der Waals surface area contributed by atoms with Crippen LogP contribution in [-0.2, 0) is 6.54 Å². The number of pyridine rings is 1. The fourth-order valence-corrected chi connectivity index (χ4v) is 2.94. The molecule has 0 spiro atoms. The van der Waals surface area contributed by atoms with Crippen LogP contribution >= 0.6 is 11.3 Å². The number of nitrogens with zero attached hydrogens (tertiary/aromatic N) is 2. The molecule has 0 bridgehead atoms. The quantitative estimate of drug-likeness (QED) is 0.912. The first kappa shape index (κ1) is 14.0. The number of rotatable bonds is 5. The maximum absolute atomic E-state index is 5.12. The average Bonchev–Trinajstić information content (AvgIpc) is 2.75. The average molecular weight is 277 g/mol. The van der Waals surface area contributed by atoms with Crippen molar-refractivity contribution in [2.24, 2.45) is 0 Å². The second-order valence-electron chi connectivity index (χ2n) is 4.49. The molecular formula is C14H19N3OS. The molecule has 0 radical (unpaired) electrons. The highest BCUT2D eigenvalue weighted by Crippen LogP contribution is 2.24. The molecular weight excluding hydrogens is 258 g/mol. The molecule has 1 unspecified atom stereocenters. The van der Waals surface area contributed by atoms with E-state index in [9.17, 15) is 0 Å². The Bertz CT molecular complexity index is 553. The second kappa shape index (κ2) is 6.12. The summed E-state index contributed by atoms with van der Waals surface area (Å²) in [4.78, 5) is 9.87. The monoisotopic (exact) mass is 277 g/mol. The van der Waals surface area contributed by atoms with Crippen molar-refractivity contribution >= 4 is 11.3 Å². The normalized spacial score (nSPS) is 12.4. The van der Waals surface area contributed by atoms with Gasteiger partial charge >= 0.3 is 0 Å². The van der Waals surface area contributed by atoms with Gasteiger partial charge in [0, 0.05) is 29.7 Å². The van der Waals surface area contributed by atoms with Gasteiger partial charge in [-0.2, -0.15) is 0 Å². The Hall–Kier alpha value is -1.46. The van der Waals surface area contributed by atoms with Gasteiger partial charge in [-0.1, -0.05) is 0 Å². The summed E-state index contributed by atoms with van der Waals surface area (Å²) in [7, 11) is 1.63. The van der Waals surface area contributed by atoms with E-state index in [1.807, 2.05) is 19.1 Å². The highest BCUT2D eigenvalue weighted by atomic mass is 32.1. The molecule has 0 aromatic carbocycles. The number of thiazole rings is 1. The van der Waals surface area contributed by atoms with Gasteiger partial charge in [-0.25, -0.2) is 9.97 Å². The fraction of sp³-hybridized carbons (Fsp3) is 0.429. The zero-order valence-corrected chi connectivity index (χ0v) is 12.5. The van der Waals surface area contributed by atoms with Gasteiger partial charge in [-0.3, -0.25) is 0 Å². The van der Waals surface area contributed by atoms with E-state index in [0.29, 0.717) is 11.9 Å². The van der Waals surface area contributed by atoms with Crippen LogP contribution in [0.3, 0.4) is 0 Å². The number of hydrogen-bond acceptors (Lipinski definition) is 5. The summed E-state index contributed by atoms with van der Waals surface area (Å²) in [6, 6.07) is 4.24. The molecule has 1 N–H and O–H groups in total. The number of hydrogen-bond donors (Lipinski definition) is 1. The lowest BCUT2D eigenvalue weighted by molar-refractivity contribution is 0.397. The van der Waals surface area contributed by atoms with E-state index in [4.69, 9.17) is 4.74 Å². The lowest BCUT2D eigenvalue weighted by atomic mass is 10.2. The Morgan fingerprint density at radius 1 is 1.42 bits per heavy atom. The van der Waals surface area contributed by atoms with E-state index >= 15 is 0 Å². The molecule has 5 heteroatoms. The van der Waals surface area contributed by atoms with E-state index in [2.05, 4.69) is 29.1 Å². The van der Waals surface area contributed by atoms with Crippen molar-refractivity contribution in [3.8, 4) is 5.88 Å². The third kappa shape index (κ3) is 3.52. The minimum atomic E-state index is 0.297. The number of ether oxygens (including phenoxy) is 1. The molecule has 0 saturated heterocycles. The number of aromatic nitrogens is 2. The summed E-state index contributed by atoms with van der Waals surface area (Å²) in [5, 5.41) is 4.63. The van der Waals surface area contributed by atoms with Crippen molar-refractivity contribution in [3.63, 3.8) is 0 Å². The van der Waals surface area contributed by atoms with Crippen LogP contribution in [-0.4, -0.2) is 17.1 Å². The fourth-order valence-electron chi connectivity index (χ4n) is 1.98. The van der Waals surface area contributed by atoms with Gasteiger partial charge in [0.05, 0.1) is 17.8 Å². The van der Waals surface area contributed by atoms with Gasteiger partial charge in [0.2, 0.25) is 5.88 Å². The van der Waals surface area contributed by atoms with Crippen LogP contribution in [0.2, 0.25) is 0 Å². The van der Waals surface area contributed by atoms with E-state index < -0.39 is 0 Å². The molecule has 0 aliphatic carbocycles. The summed E-state index contributed by atoms with van der Waals surface area (Å²) in [6.45, 7) is 7.06. The molecule has 2 aromatic rings. The second-order valence-corrected chi connectivity index (χ2v) is 5.73. The molecule has 19 heavy (non-hydrogen) atoms. The van der Waals surface area contributed by atoms with Gasteiger partial charge in [0.25, 0.3) is 0 Å². The Balaban J connectivity index is 2.00. The van der Waals surface area contributed by atoms with Crippen molar-refractivity contribution in [1.82, 2.24) is 15.3 Å². The predicted octanol–water partition coefficient (Wildman–Crippen LogP) is 3.01. The lowest BCUT2D eigenvalue weighted by Crippen LogP contribution is -2.18. The summed E-state index contributed by atoms with van der Waals surface area (Å²) in [5.41, 5.74) is 2.28. The molecule has 0 aliphatic heterocycles. The Morgan fingerprint density at radius 2 is 2.21 bits per heavy atom. The van der Waals surface area contributed by atoms with Crippen molar-refractivity contribution in [2.45, 2.75) is 33.4 Å². The summed E-state index contributed by atoms with van der Waals surface area (Å²) < 4.78 is 5.12. The molecule has 2 rings (SSSR count). The van der Waals surface area contributed by atoms with Gasteiger partial charge in [-0.05, 0) is 32.4 Å². The first-order valence-corrected chi connectivity index (χ1v) is 7.08. The first-order chi connectivity index (χ1) is 9.10. The third-order valence-corrected chi connectivity index (χ3v) is 4.21. The highest BCUT2D eigenvalue weighted by Gasteiger charge is 2.12. The van der Waals surface area contributed by atoms with Crippen molar-refractivity contribution < 1.29 is 4.74 Å². The van der Waals surface area contributed by atoms with Crippen LogP contribution in [0.5, 0.6) is 5.88 Å². The maximum Gasteiger partial charge on any atom is 0.213 e. The molecule has 0 aliphatic rings. The van der Waals surface area contributed by atoms with Crippen molar-refractivity contribution in [3.05, 3.63) is 39.5 Å². The Labute approximate surface area is 117 Å². The topological polar surface area (TPSA) is 47.0 Å². The highest BCUT2D eigenvalue weighted by molar-refractivity contribution is 7.11. The minimum Gasteiger partial charge on any atom is -0.481 e. The van der Waals surface area contributed by atoms with Gasteiger partial charge in [0.1, 0.15) is 0 Å². The zero-order chi connectivity index (χ0) is 13.8. The van der Waals surface area contributed by atoms with Gasteiger partial charge < -0.3 is 10.1 Å². The minimum absolute atomic E-state index is 0.297. The summed E-state index contributed by atoms with van der Waals surface area (Å²) in [5.74, 6) is 0.650. The van der Waals surface area contributed by atoms with Crippen LogP contribution in [0, 0.1) is 13.8 Å². The molecule has 0 fully saturated rings. The zero-order valence-electron chi connectivity index (χ0n) is 11.7. The molecule has 2 heterocycles. The van der Waals surface area contributed by atoms with Crippen LogP contribution < -0.4 is 10.1 Å². The Kier molecular flexibility index (Phi) is 4.50. The maximum atomic E-state index is 5.12. The van der Waals surface area contributed by atoms with E-state index in [1.165, 1.54) is 4.88 Å². The van der Waals surface area contributed by atoms with Crippen LogP contribution in [0.25, 0.3) is 0 Å². The molecule has 0 saturated carbocycles. The molecule has 102 valence electrons. The number of methoxy groups -OCH3 is 1. The van der Waals surface area contributed by atoms with Gasteiger partial charge in [0.15, 0.2) is 0 Å². The number of nitrogens with one attached hydrogen (secondary N) is 1. The first-order valence-electron chi connectivity index (χ1n) is 6.26. The third-order valence-electron chi connectivity index (χ3n) is 2.95. The van der Waals surface area contributed by atoms with Crippen LogP contribution in [0.1, 0.15) is 34.1 Å². The van der Waals surface area contributed by atoms with Crippen LogP contribution in [0.4, 0.5) is 0 Å². The van der Waals surface area contributed by atoms with Crippen LogP contribution in [0.15, 0.2) is 18.3 Å². The summed E-state index contributed by atoms with van der Waals surface area (Å²) >= 11 is 1.75. The predicted molar refractivity (Wildman–Crippen MR) is 77.6 cm³/mol. The molecule has 4 nitrogen and oxygen atoms in total. The Morgan fingerprint density at radius 3 is 2.84 bits per heavy atom. The lowest BCUT2D eigenvalue weighted by Gasteiger charge is -2.13. The molecule has 2 aromatic heterocycles. The van der Waals surface area contributed by atoms with E-state index in [0.717, 1.165) is 22.8 Å². The standard InChI is InChI=1S/C14H19N3OS/c1-9(14-10(2)17-11(3)19-14)16-8-12-5-6-15-13(7-12)18-4/h5-7,9,16H,8H2,1-4H3. The van der Waals surface area contributed by atoms with Gasteiger partial charge in [-0.15, -0.1) is 11.3 Å². The molecule has 0 amide bonds. The summed E-state index contributed by atoms with van der Waals surface area (Å²) in [6.07, 6.45) is 1.77.